The summed E-state index contributed by atoms with van der Waals surface area (Å²) in [5, 5.41) is 11.2. The van der Waals surface area contributed by atoms with Crippen molar-refractivity contribution in [2.45, 2.75) is 0 Å². The molecule has 0 atom stereocenters. The van der Waals surface area contributed by atoms with Gasteiger partial charge in [0.2, 0.25) is 0 Å². The van der Waals surface area contributed by atoms with E-state index in [1.807, 2.05) is 42.5 Å². The van der Waals surface area contributed by atoms with Crippen LogP contribution in [0.25, 0.3) is 21.0 Å². The zero-order valence-corrected chi connectivity index (χ0v) is 14.9. The monoisotopic (exact) mass is 363 g/mol. The average molecular weight is 363 g/mol. The van der Waals surface area contributed by atoms with Gasteiger partial charge in [-0.15, -0.1) is 11.3 Å². The highest BCUT2D eigenvalue weighted by Gasteiger charge is 2.11. The van der Waals surface area contributed by atoms with E-state index in [9.17, 15) is 0 Å². The van der Waals surface area contributed by atoms with E-state index < -0.39 is 0 Å². The predicted molar refractivity (Wildman–Crippen MR) is 108 cm³/mol. The van der Waals surface area contributed by atoms with Gasteiger partial charge in [0.05, 0.1) is 12.6 Å². The molecular weight excluding hydrogens is 346 g/mol. The topological polar surface area (TPSA) is 98.5 Å². The van der Waals surface area contributed by atoms with Gasteiger partial charge in [0, 0.05) is 26.7 Å². The standard InChI is InChI=1S/C19H17N5OS/c1-25-13-5-3-12(4-6-13)22-19-15-8-9-26-17(15)14-7-2-11(18(20)24-21)10-16(14)23-19/h2-10H,21H2,1H3,(H2,20,24)(H,22,23). The zero-order valence-electron chi connectivity index (χ0n) is 14.1. The summed E-state index contributed by atoms with van der Waals surface area (Å²) in [7, 11) is 1.65. The van der Waals surface area contributed by atoms with Gasteiger partial charge in [0.1, 0.15) is 17.4 Å². The van der Waals surface area contributed by atoms with Crippen LogP contribution in [0.4, 0.5) is 11.5 Å². The number of methoxy groups -OCH3 is 1. The van der Waals surface area contributed by atoms with Crippen molar-refractivity contribution >= 4 is 49.7 Å². The number of thiophene rings is 1. The van der Waals surface area contributed by atoms with E-state index in [1.54, 1.807) is 18.4 Å². The van der Waals surface area contributed by atoms with Gasteiger partial charge in [-0.25, -0.2) is 4.98 Å². The fourth-order valence-corrected chi connectivity index (χ4v) is 3.77. The molecule has 2 aromatic heterocycles. The van der Waals surface area contributed by atoms with Gasteiger partial charge in [0.15, 0.2) is 0 Å². The molecule has 0 bridgehead atoms. The molecule has 5 N–H and O–H groups in total. The molecule has 0 aliphatic rings. The lowest BCUT2D eigenvalue weighted by Crippen LogP contribution is -2.15. The largest absolute Gasteiger partial charge is 0.497 e. The van der Waals surface area contributed by atoms with E-state index in [2.05, 4.69) is 21.9 Å². The smallest absolute Gasteiger partial charge is 0.150 e. The molecular formula is C19H17N5OS. The van der Waals surface area contributed by atoms with Crippen molar-refractivity contribution < 1.29 is 4.74 Å². The Morgan fingerprint density at radius 2 is 1.92 bits per heavy atom. The average Bonchev–Trinajstić information content (AvgIpc) is 3.18. The van der Waals surface area contributed by atoms with Crippen molar-refractivity contribution in [2.24, 2.45) is 16.7 Å². The Labute approximate surface area is 154 Å². The molecule has 0 spiro atoms. The second-order valence-electron chi connectivity index (χ2n) is 5.72. The minimum Gasteiger partial charge on any atom is -0.497 e. The number of nitrogens with zero attached hydrogens (tertiary/aromatic N) is 2. The molecule has 2 heterocycles. The Morgan fingerprint density at radius 3 is 2.65 bits per heavy atom. The fraction of sp³-hybridized carbons (Fsp3) is 0.0526. The van der Waals surface area contributed by atoms with E-state index >= 15 is 0 Å². The number of amidine groups is 1. The van der Waals surface area contributed by atoms with Gasteiger partial charge in [-0.3, -0.25) is 0 Å². The Balaban J connectivity index is 1.84. The van der Waals surface area contributed by atoms with Crippen molar-refractivity contribution in [3.63, 3.8) is 0 Å². The van der Waals surface area contributed by atoms with E-state index in [1.165, 1.54) is 4.70 Å². The maximum absolute atomic E-state index is 5.84. The third-order valence-corrected chi connectivity index (χ3v) is 5.13. The first-order valence-corrected chi connectivity index (χ1v) is 8.83. The first-order chi connectivity index (χ1) is 12.7. The number of rotatable bonds is 4. The van der Waals surface area contributed by atoms with E-state index in [0.29, 0.717) is 0 Å². The lowest BCUT2D eigenvalue weighted by Gasteiger charge is -2.11. The molecule has 2 aromatic carbocycles. The quantitative estimate of drug-likeness (QED) is 0.222. The molecule has 0 saturated heterocycles. The fourth-order valence-electron chi connectivity index (χ4n) is 2.84. The number of hydrazone groups is 1. The van der Waals surface area contributed by atoms with Crippen LogP contribution in [0.15, 0.2) is 59.0 Å². The SMILES string of the molecule is COc1ccc(Nc2nc3cc(/C(N)=N/N)ccc3c3sccc23)cc1. The molecule has 0 fully saturated rings. The van der Waals surface area contributed by atoms with Crippen LogP contribution in [0, 0.1) is 0 Å². The number of anilines is 2. The van der Waals surface area contributed by atoms with Gasteiger partial charge >= 0.3 is 0 Å². The number of nitrogens with two attached hydrogens (primary N) is 2. The van der Waals surface area contributed by atoms with Crippen LogP contribution >= 0.6 is 11.3 Å². The number of hydrogen-bond acceptors (Lipinski definition) is 6. The first-order valence-electron chi connectivity index (χ1n) is 7.95. The highest BCUT2D eigenvalue weighted by molar-refractivity contribution is 7.18. The number of aromatic nitrogens is 1. The summed E-state index contributed by atoms with van der Waals surface area (Å²) in [5.74, 6) is 7.18. The van der Waals surface area contributed by atoms with Crippen LogP contribution in [0.1, 0.15) is 5.56 Å². The minimum atomic E-state index is 0.282. The molecule has 130 valence electrons. The lowest BCUT2D eigenvalue weighted by molar-refractivity contribution is 0.415. The van der Waals surface area contributed by atoms with E-state index in [4.69, 9.17) is 21.3 Å². The van der Waals surface area contributed by atoms with Crippen molar-refractivity contribution in [1.82, 2.24) is 4.98 Å². The van der Waals surface area contributed by atoms with E-state index in [0.717, 1.165) is 39.1 Å². The molecule has 26 heavy (non-hydrogen) atoms. The molecule has 4 aromatic rings. The maximum Gasteiger partial charge on any atom is 0.150 e. The zero-order chi connectivity index (χ0) is 18.1. The van der Waals surface area contributed by atoms with Gasteiger partial charge in [-0.05, 0) is 41.8 Å². The van der Waals surface area contributed by atoms with E-state index in [-0.39, 0.29) is 5.84 Å². The minimum absolute atomic E-state index is 0.282. The Hall–Kier alpha value is -3.32. The first kappa shape index (κ1) is 16.2. The normalized spacial score (nSPS) is 11.8. The Bertz CT molecular complexity index is 1120. The molecule has 0 radical (unpaired) electrons. The van der Waals surface area contributed by atoms with Crippen molar-refractivity contribution in [3.8, 4) is 5.75 Å². The Kier molecular flexibility index (Phi) is 4.06. The summed E-state index contributed by atoms with van der Waals surface area (Å²) in [6.45, 7) is 0. The predicted octanol–water partition coefficient (Wildman–Crippen LogP) is 3.78. The number of fused-ring (bicyclic) bond motifs is 3. The molecule has 4 rings (SSSR count). The molecule has 0 amide bonds. The molecule has 0 aliphatic heterocycles. The Morgan fingerprint density at radius 1 is 1.12 bits per heavy atom. The van der Waals surface area contributed by atoms with Crippen molar-refractivity contribution in [3.05, 3.63) is 59.5 Å². The lowest BCUT2D eigenvalue weighted by atomic mass is 10.1. The summed E-state index contributed by atoms with van der Waals surface area (Å²) in [5.41, 5.74) is 8.36. The van der Waals surface area contributed by atoms with Crippen LogP contribution in [-0.2, 0) is 0 Å². The van der Waals surface area contributed by atoms with Gasteiger partial charge in [0.25, 0.3) is 0 Å². The number of nitrogens with one attached hydrogen (secondary N) is 1. The summed E-state index contributed by atoms with van der Waals surface area (Å²) in [6.07, 6.45) is 0. The van der Waals surface area contributed by atoms with Crippen LogP contribution in [0.2, 0.25) is 0 Å². The third kappa shape index (κ3) is 2.78. The van der Waals surface area contributed by atoms with Crippen molar-refractivity contribution in [2.75, 3.05) is 12.4 Å². The van der Waals surface area contributed by atoms with Gasteiger partial charge in [-0.1, -0.05) is 12.1 Å². The maximum atomic E-state index is 5.84. The molecule has 0 aliphatic carbocycles. The van der Waals surface area contributed by atoms with Gasteiger partial charge < -0.3 is 21.6 Å². The second kappa shape index (κ2) is 6.53. The van der Waals surface area contributed by atoms with Crippen LogP contribution in [0.3, 0.4) is 0 Å². The number of hydrogen-bond donors (Lipinski definition) is 3. The van der Waals surface area contributed by atoms with Crippen molar-refractivity contribution in [1.29, 1.82) is 0 Å². The van der Waals surface area contributed by atoms with Crippen LogP contribution < -0.4 is 21.6 Å². The summed E-state index contributed by atoms with van der Waals surface area (Å²) < 4.78 is 6.37. The highest BCUT2D eigenvalue weighted by atomic mass is 32.1. The molecule has 0 saturated carbocycles. The van der Waals surface area contributed by atoms with Gasteiger partial charge in [-0.2, -0.15) is 5.10 Å². The number of ether oxygens (including phenoxy) is 1. The summed E-state index contributed by atoms with van der Waals surface area (Å²) >= 11 is 1.68. The number of benzene rings is 2. The molecule has 0 unspecified atom stereocenters. The van der Waals surface area contributed by atoms with Crippen LogP contribution in [0.5, 0.6) is 5.75 Å². The highest BCUT2D eigenvalue weighted by Crippen LogP contribution is 2.35. The number of pyridine rings is 1. The molecule has 7 heteroatoms. The summed E-state index contributed by atoms with van der Waals surface area (Å²) in [4.78, 5) is 4.80. The molecule has 6 nitrogen and oxygen atoms in total. The second-order valence-corrected chi connectivity index (χ2v) is 6.64. The third-order valence-electron chi connectivity index (χ3n) is 4.18. The summed E-state index contributed by atoms with van der Waals surface area (Å²) in [6, 6.07) is 15.6. The van der Waals surface area contributed by atoms with Crippen LogP contribution in [-0.4, -0.2) is 17.9 Å².